The van der Waals surface area contributed by atoms with Crippen LogP contribution in [0, 0.1) is 20.8 Å². The van der Waals surface area contributed by atoms with Gasteiger partial charge in [0, 0.05) is 39.3 Å². The Kier molecular flexibility index (Phi) is 5.95. The van der Waals surface area contributed by atoms with Crippen molar-refractivity contribution < 1.29 is 0 Å². The molecule has 1 aromatic carbocycles. The van der Waals surface area contributed by atoms with Gasteiger partial charge in [0.05, 0.1) is 22.8 Å². The molecule has 1 aliphatic rings. The third-order valence-corrected chi connectivity index (χ3v) is 4.89. The van der Waals surface area contributed by atoms with E-state index in [1.54, 1.807) is 0 Å². The minimum Gasteiger partial charge on any atom is -0.297 e. The number of rotatable bonds is 5. The van der Waals surface area contributed by atoms with Crippen molar-refractivity contribution in [3.8, 4) is 0 Å². The Morgan fingerprint density at radius 1 is 0.840 bits per heavy atom. The zero-order valence-electron chi connectivity index (χ0n) is 15.6. The monoisotopic (exact) mass is 336 g/mol. The van der Waals surface area contributed by atoms with Crippen LogP contribution in [0.15, 0.2) is 36.4 Å². The Hall–Kier alpha value is -2.04. The molecule has 2 heterocycles. The zero-order valence-corrected chi connectivity index (χ0v) is 15.6. The van der Waals surface area contributed by atoms with Gasteiger partial charge in [-0.05, 0) is 26.3 Å². The third kappa shape index (κ3) is 4.97. The van der Waals surface area contributed by atoms with Gasteiger partial charge >= 0.3 is 0 Å². The van der Waals surface area contributed by atoms with Crippen LogP contribution in [0.1, 0.15) is 28.3 Å². The molecule has 0 unspecified atom stereocenters. The van der Waals surface area contributed by atoms with E-state index in [4.69, 9.17) is 4.98 Å². The van der Waals surface area contributed by atoms with E-state index in [-0.39, 0.29) is 0 Å². The van der Waals surface area contributed by atoms with Gasteiger partial charge in [0.2, 0.25) is 0 Å². The van der Waals surface area contributed by atoms with Crippen molar-refractivity contribution in [3.63, 3.8) is 0 Å². The summed E-state index contributed by atoms with van der Waals surface area (Å²) in [7, 11) is 0. The molecule has 4 heteroatoms. The Bertz CT molecular complexity index is 716. The lowest BCUT2D eigenvalue weighted by Crippen LogP contribution is -2.46. The quantitative estimate of drug-likeness (QED) is 0.839. The molecule has 0 atom stereocenters. The number of benzene rings is 1. The van der Waals surface area contributed by atoms with E-state index in [0.717, 1.165) is 62.0 Å². The molecule has 4 nitrogen and oxygen atoms in total. The molecular weight excluding hydrogens is 308 g/mol. The number of piperazine rings is 1. The number of aryl methyl sites for hydroxylation is 3. The van der Waals surface area contributed by atoms with Gasteiger partial charge in [0.25, 0.3) is 0 Å². The molecule has 2 aromatic rings. The molecule has 0 bridgehead atoms. The standard InChI is InChI=1S/C21H28N4/c1-17-18(2)23-21(19(3)22-17)16-25-14-12-24(13-15-25)11-7-10-20-8-5-4-6-9-20/h4-10H,11-16H2,1-3H3/b10-7+. The van der Waals surface area contributed by atoms with E-state index >= 15 is 0 Å². The summed E-state index contributed by atoms with van der Waals surface area (Å²) in [5.74, 6) is 0. The topological polar surface area (TPSA) is 32.3 Å². The first kappa shape index (κ1) is 17.8. The predicted octanol–water partition coefficient (Wildman–Crippen LogP) is 3.23. The second kappa shape index (κ2) is 8.37. The summed E-state index contributed by atoms with van der Waals surface area (Å²) in [6.07, 6.45) is 4.48. The van der Waals surface area contributed by atoms with E-state index in [0.29, 0.717) is 0 Å². The van der Waals surface area contributed by atoms with Crippen LogP contribution in [0.2, 0.25) is 0 Å². The molecule has 0 amide bonds. The van der Waals surface area contributed by atoms with E-state index in [2.05, 4.69) is 64.2 Å². The molecule has 0 aliphatic carbocycles. The smallest absolute Gasteiger partial charge is 0.0759 e. The van der Waals surface area contributed by atoms with Crippen molar-refractivity contribution in [3.05, 3.63) is 64.7 Å². The van der Waals surface area contributed by atoms with E-state index in [9.17, 15) is 0 Å². The molecular formula is C21H28N4. The summed E-state index contributed by atoms with van der Waals surface area (Å²) in [6.45, 7) is 12.5. The van der Waals surface area contributed by atoms with Crippen molar-refractivity contribution in [1.82, 2.24) is 19.8 Å². The van der Waals surface area contributed by atoms with Crippen molar-refractivity contribution in [2.75, 3.05) is 32.7 Å². The van der Waals surface area contributed by atoms with Crippen molar-refractivity contribution in [2.45, 2.75) is 27.3 Å². The fourth-order valence-electron chi connectivity index (χ4n) is 3.15. The number of hydrogen-bond donors (Lipinski definition) is 0. The van der Waals surface area contributed by atoms with Gasteiger partial charge in [-0.15, -0.1) is 0 Å². The van der Waals surface area contributed by atoms with Crippen LogP contribution in [0.5, 0.6) is 0 Å². The predicted molar refractivity (Wildman–Crippen MR) is 103 cm³/mol. The zero-order chi connectivity index (χ0) is 17.6. The first-order chi connectivity index (χ1) is 12.1. The molecule has 0 saturated carbocycles. The Balaban J connectivity index is 1.47. The SMILES string of the molecule is Cc1nc(C)c(CN2CCN(C/C=C/c3ccccc3)CC2)nc1C. The van der Waals surface area contributed by atoms with Crippen LogP contribution in [0.4, 0.5) is 0 Å². The maximum Gasteiger partial charge on any atom is 0.0759 e. The molecule has 25 heavy (non-hydrogen) atoms. The lowest BCUT2D eigenvalue weighted by molar-refractivity contribution is 0.135. The van der Waals surface area contributed by atoms with Gasteiger partial charge in [0.15, 0.2) is 0 Å². The molecule has 1 fully saturated rings. The van der Waals surface area contributed by atoms with Crippen LogP contribution in [0.25, 0.3) is 6.08 Å². The fraction of sp³-hybridized carbons (Fsp3) is 0.429. The summed E-state index contributed by atoms with van der Waals surface area (Å²) in [5.41, 5.74) is 5.54. The average Bonchev–Trinajstić information content (AvgIpc) is 2.62. The van der Waals surface area contributed by atoms with Crippen LogP contribution >= 0.6 is 0 Å². The average molecular weight is 336 g/mol. The second-order valence-electron chi connectivity index (χ2n) is 6.82. The number of nitrogens with zero attached hydrogens (tertiary/aromatic N) is 4. The van der Waals surface area contributed by atoms with Crippen LogP contribution in [-0.2, 0) is 6.54 Å². The highest BCUT2D eigenvalue weighted by Crippen LogP contribution is 2.12. The first-order valence-electron chi connectivity index (χ1n) is 9.09. The van der Waals surface area contributed by atoms with Crippen molar-refractivity contribution >= 4 is 6.08 Å². The highest BCUT2D eigenvalue weighted by atomic mass is 15.3. The van der Waals surface area contributed by atoms with E-state index in [1.807, 2.05) is 13.8 Å². The maximum atomic E-state index is 4.74. The molecule has 3 rings (SSSR count). The van der Waals surface area contributed by atoms with Gasteiger partial charge in [-0.1, -0.05) is 42.5 Å². The molecule has 1 saturated heterocycles. The van der Waals surface area contributed by atoms with Crippen LogP contribution in [0.3, 0.4) is 0 Å². The minimum atomic E-state index is 0.910. The highest BCUT2D eigenvalue weighted by molar-refractivity contribution is 5.48. The van der Waals surface area contributed by atoms with Gasteiger partial charge in [-0.3, -0.25) is 19.8 Å². The van der Waals surface area contributed by atoms with Gasteiger partial charge in [-0.25, -0.2) is 0 Å². The molecule has 0 N–H and O–H groups in total. The normalized spacial score (nSPS) is 16.6. The van der Waals surface area contributed by atoms with E-state index < -0.39 is 0 Å². The first-order valence-corrected chi connectivity index (χ1v) is 9.09. The number of hydrogen-bond acceptors (Lipinski definition) is 4. The Labute approximate surface area is 151 Å². The molecule has 132 valence electrons. The lowest BCUT2D eigenvalue weighted by atomic mass is 10.2. The molecule has 0 spiro atoms. The van der Waals surface area contributed by atoms with Crippen molar-refractivity contribution in [2.24, 2.45) is 0 Å². The minimum absolute atomic E-state index is 0.910. The van der Waals surface area contributed by atoms with Crippen molar-refractivity contribution in [1.29, 1.82) is 0 Å². The Morgan fingerprint density at radius 2 is 1.48 bits per heavy atom. The summed E-state index contributed by atoms with van der Waals surface area (Å²) in [4.78, 5) is 14.4. The summed E-state index contributed by atoms with van der Waals surface area (Å²) in [6, 6.07) is 10.5. The summed E-state index contributed by atoms with van der Waals surface area (Å²) >= 11 is 0. The number of aromatic nitrogens is 2. The second-order valence-corrected chi connectivity index (χ2v) is 6.82. The van der Waals surface area contributed by atoms with E-state index in [1.165, 1.54) is 5.56 Å². The lowest BCUT2D eigenvalue weighted by Gasteiger charge is -2.34. The highest BCUT2D eigenvalue weighted by Gasteiger charge is 2.17. The molecule has 1 aromatic heterocycles. The summed E-state index contributed by atoms with van der Waals surface area (Å²) < 4.78 is 0. The van der Waals surface area contributed by atoms with Gasteiger partial charge in [-0.2, -0.15) is 0 Å². The maximum absolute atomic E-state index is 4.74. The fourth-order valence-corrected chi connectivity index (χ4v) is 3.15. The largest absolute Gasteiger partial charge is 0.297 e. The molecule has 1 aliphatic heterocycles. The van der Waals surface area contributed by atoms with Gasteiger partial charge < -0.3 is 0 Å². The van der Waals surface area contributed by atoms with Crippen LogP contribution < -0.4 is 0 Å². The van der Waals surface area contributed by atoms with Crippen LogP contribution in [-0.4, -0.2) is 52.5 Å². The third-order valence-electron chi connectivity index (χ3n) is 4.89. The van der Waals surface area contributed by atoms with Gasteiger partial charge in [0.1, 0.15) is 0 Å². The summed E-state index contributed by atoms with van der Waals surface area (Å²) in [5, 5.41) is 0. The Morgan fingerprint density at radius 3 is 2.20 bits per heavy atom. The molecule has 0 radical (unpaired) electrons.